The molecule has 1 N–H and O–H groups in total. The second kappa shape index (κ2) is 3.92. The topological polar surface area (TPSA) is 46.5 Å². The van der Waals surface area contributed by atoms with Crippen LogP contribution in [0.3, 0.4) is 0 Å². The zero-order valence-electron chi connectivity index (χ0n) is 6.91. The molecule has 0 aromatic carbocycles. The second-order valence-corrected chi connectivity index (χ2v) is 5.32. The van der Waals surface area contributed by atoms with Gasteiger partial charge in [0.25, 0.3) is 0 Å². The Balaban J connectivity index is 2.59. The van der Waals surface area contributed by atoms with Crippen LogP contribution in [-0.2, 0) is 9.53 Å². The summed E-state index contributed by atoms with van der Waals surface area (Å²) in [5.74, 6) is -0.144. The van der Waals surface area contributed by atoms with Gasteiger partial charge in [-0.3, -0.25) is 0 Å². The van der Waals surface area contributed by atoms with Crippen LogP contribution in [0.1, 0.15) is 6.92 Å². The third kappa shape index (κ3) is 1.98. The van der Waals surface area contributed by atoms with E-state index in [1.54, 1.807) is 0 Å². The van der Waals surface area contributed by atoms with Crippen LogP contribution in [0.5, 0.6) is 0 Å². The van der Waals surface area contributed by atoms with E-state index in [1.165, 1.54) is 0 Å². The molecular weight excluding hydrogens is 247 g/mol. The van der Waals surface area contributed by atoms with Crippen LogP contribution in [0.4, 0.5) is 0 Å². The van der Waals surface area contributed by atoms with Crippen molar-refractivity contribution < 1.29 is 14.6 Å². The molecule has 1 aliphatic heterocycles. The molecule has 1 fully saturated rings. The second-order valence-electron chi connectivity index (χ2n) is 2.99. The number of hydrogen-bond acceptors (Lipinski definition) is 3. The van der Waals surface area contributed by atoms with E-state index in [-0.39, 0.29) is 24.4 Å². The molecule has 0 spiro atoms. The Hall–Kier alpha value is 0.460. The first-order chi connectivity index (χ1) is 5.16. The summed E-state index contributed by atoms with van der Waals surface area (Å²) in [7, 11) is 0. The van der Waals surface area contributed by atoms with Crippen molar-refractivity contribution >= 4 is 30.2 Å². The summed E-state index contributed by atoms with van der Waals surface area (Å²) in [6.45, 7) is 2.04. The summed E-state index contributed by atoms with van der Waals surface area (Å²) in [4.78, 5) is 11.2. The molecule has 3 nitrogen and oxygen atoms in total. The first-order valence-electron chi connectivity index (χ1n) is 4.00. The molecule has 0 saturated carbocycles. The van der Waals surface area contributed by atoms with Gasteiger partial charge in [0.05, 0.1) is 0 Å². The number of rotatable bonds is 1. The first-order valence-corrected chi connectivity index (χ1v) is 8.03. The zero-order valence-corrected chi connectivity index (χ0v) is 12.6. The monoisotopic (exact) mass is 260 g/mol. The van der Waals surface area contributed by atoms with Gasteiger partial charge in [-0.05, 0) is 0 Å². The molecule has 0 amide bonds. The minimum atomic E-state index is -0.872. The molecule has 3 atom stereocenters. The fourth-order valence-corrected chi connectivity index (χ4v) is 4.09. The van der Waals surface area contributed by atoms with Crippen molar-refractivity contribution in [2.45, 2.75) is 23.3 Å². The van der Waals surface area contributed by atoms with E-state index in [0.29, 0.717) is 24.4 Å². The van der Waals surface area contributed by atoms with Crippen LogP contribution in [0, 0.1) is 5.92 Å². The van der Waals surface area contributed by atoms with Crippen LogP contribution < -0.4 is 0 Å². The van der Waals surface area contributed by atoms with Crippen LogP contribution >= 0.6 is 0 Å². The Bertz CT molecular complexity index is 160. The maximum atomic E-state index is 11.2. The standard InChI is InChI=1S/C7H11O3.In.2H/c1-4-5(2)10-3-6(8)7(4)9;;;/h4-6,8H,2-3H2,1H3;;;/t4-,5?,6?;;;/m1.../s1. The Labute approximate surface area is 80.7 Å². The fraction of sp³-hybridized carbons (Fsp3) is 0.857. The summed E-state index contributed by atoms with van der Waals surface area (Å²) in [6, 6.07) is 0. The number of aliphatic hydroxyl groups is 1. The third-order valence-electron chi connectivity index (χ3n) is 2.21. The molecule has 0 aliphatic carbocycles. The molecular formula is C7H13InO3. The molecule has 0 aromatic heterocycles. The summed E-state index contributed by atoms with van der Waals surface area (Å²) in [6.07, 6.45) is -0.773. The number of aliphatic hydroxyl groups excluding tert-OH is 1. The van der Waals surface area contributed by atoms with Crippen LogP contribution in [0.2, 0.25) is 4.18 Å². The molecule has 0 bridgehead atoms. The van der Waals surface area contributed by atoms with Gasteiger partial charge in [0, 0.05) is 0 Å². The average molecular weight is 260 g/mol. The molecule has 1 aliphatic rings. The van der Waals surface area contributed by atoms with Crippen molar-refractivity contribution in [3.63, 3.8) is 0 Å². The number of ketones is 1. The molecule has 1 saturated heterocycles. The fourth-order valence-electron chi connectivity index (χ4n) is 1.40. The van der Waals surface area contributed by atoms with Gasteiger partial charge in [-0.15, -0.1) is 0 Å². The van der Waals surface area contributed by atoms with Gasteiger partial charge in [0.15, 0.2) is 0 Å². The van der Waals surface area contributed by atoms with E-state index in [4.69, 9.17) is 9.84 Å². The first kappa shape index (κ1) is 9.55. The molecule has 1 heterocycles. The van der Waals surface area contributed by atoms with Crippen molar-refractivity contribution in [2.24, 2.45) is 5.92 Å². The van der Waals surface area contributed by atoms with Crippen molar-refractivity contribution in [3.05, 3.63) is 0 Å². The quantitative estimate of drug-likeness (QED) is 0.658. The van der Waals surface area contributed by atoms with Crippen molar-refractivity contribution in [1.82, 2.24) is 0 Å². The van der Waals surface area contributed by atoms with Crippen LogP contribution in [-0.4, -0.2) is 54.1 Å². The predicted molar refractivity (Wildman–Crippen MR) is 43.3 cm³/mol. The van der Waals surface area contributed by atoms with Gasteiger partial charge < -0.3 is 0 Å². The summed E-state index contributed by atoms with van der Waals surface area (Å²) >= 11 is 0.565. The van der Waals surface area contributed by atoms with Crippen molar-refractivity contribution in [1.29, 1.82) is 0 Å². The number of hydrogen-bond donors (Lipinski definition) is 1. The summed E-state index contributed by atoms with van der Waals surface area (Å²) < 4.78 is 6.35. The van der Waals surface area contributed by atoms with Gasteiger partial charge in [-0.2, -0.15) is 0 Å². The minimum absolute atomic E-state index is 0.0469. The number of Topliss-reactive ketones (excluding diaryl/α,β-unsaturated/α-hetero) is 1. The molecule has 62 valence electrons. The van der Waals surface area contributed by atoms with E-state index in [1.807, 2.05) is 6.92 Å². The van der Waals surface area contributed by atoms with E-state index < -0.39 is 6.10 Å². The Kier molecular flexibility index (Phi) is 3.40. The van der Waals surface area contributed by atoms with Crippen molar-refractivity contribution in [2.75, 3.05) is 6.61 Å². The number of carbonyl (C=O) groups is 1. The SMILES string of the molecule is C[C@H]1C(=O)C(O)COC1[CH2][InH2]. The van der Waals surface area contributed by atoms with Gasteiger partial charge in [0.1, 0.15) is 0 Å². The summed E-state index contributed by atoms with van der Waals surface area (Å²) in [5.41, 5.74) is 0. The third-order valence-corrected chi connectivity index (χ3v) is 4.50. The molecule has 0 radical (unpaired) electrons. The summed E-state index contributed by atoms with van der Waals surface area (Å²) in [5, 5.41) is 9.10. The Morgan fingerprint density at radius 3 is 3.00 bits per heavy atom. The Morgan fingerprint density at radius 2 is 2.45 bits per heavy atom. The molecule has 11 heavy (non-hydrogen) atoms. The predicted octanol–water partition coefficient (Wildman–Crippen LogP) is -0.997. The normalized spacial score (nSPS) is 39.1. The zero-order chi connectivity index (χ0) is 8.43. The van der Waals surface area contributed by atoms with Gasteiger partial charge in [-0.1, -0.05) is 0 Å². The number of carbonyl (C=O) groups excluding carboxylic acids is 1. The van der Waals surface area contributed by atoms with E-state index in [9.17, 15) is 4.79 Å². The van der Waals surface area contributed by atoms with Gasteiger partial charge in [0.2, 0.25) is 0 Å². The van der Waals surface area contributed by atoms with Gasteiger partial charge >= 0.3 is 80.6 Å². The molecule has 1 rings (SSSR count). The van der Waals surface area contributed by atoms with E-state index in [0.717, 1.165) is 4.18 Å². The molecule has 4 heteroatoms. The van der Waals surface area contributed by atoms with E-state index >= 15 is 0 Å². The van der Waals surface area contributed by atoms with Crippen LogP contribution in [0.15, 0.2) is 0 Å². The Morgan fingerprint density at radius 1 is 1.82 bits per heavy atom. The average Bonchev–Trinajstić information content (AvgIpc) is 2.01. The van der Waals surface area contributed by atoms with E-state index in [2.05, 4.69) is 0 Å². The van der Waals surface area contributed by atoms with Gasteiger partial charge in [-0.25, -0.2) is 0 Å². The molecule has 2 unspecified atom stereocenters. The van der Waals surface area contributed by atoms with Crippen molar-refractivity contribution in [3.8, 4) is 0 Å². The van der Waals surface area contributed by atoms with Crippen LogP contribution in [0.25, 0.3) is 0 Å². The maximum absolute atomic E-state index is 11.2. The number of ether oxygens (including phenoxy) is 1. The molecule has 0 aromatic rings.